The Kier molecular flexibility index (Phi) is 91.1. The lowest BCUT2D eigenvalue weighted by Gasteiger charge is -2.21. The van der Waals surface area contributed by atoms with Gasteiger partial charge in [-0.05, 0) is 161 Å². The summed E-state index contributed by atoms with van der Waals surface area (Å²) in [7, 11) is -9.82. The van der Waals surface area contributed by atoms with Crippen LogP contribution in [0.4, 0.5) is 0 Å². The van der Waals surface area contributed by atoms with Gasteiger partial charge in [-0.3, -0.25) is 32.5 Å². The van der Waals surface area contributed by atoms with Crippen molar-refractivity contribution in [3.63, 3.8) is 0 Å². The SMILES string of the molecule is CC/C=C\C/C=C\C/C=C\C/C=C\C/C=C\C/C=C\CCCCCCCCCCCCC(=O)OCC(COP(=O)(O)OCC(O)COP(=O)(O)OCC(O)COC(=O)CCCCCCCCCCCCCCCCCCC/C=C\C/C=C\C/C=C\C/C=C\C/C=C\CC)OC(=O)CCCCCCCCCCC/C=C\C/C=C\C/C=C\C/C=C\C/C=C\CC. The molecular weight excluding hydrogens is 1580 g/mol. The average Bonchev–Trinajstić information content (AvgIpc) is 0.898. The molecule has 702 valence electrons. The van der Waals surface area contributed by atoms with Crippen LogP contribution in [0.15, 0.2) is 194 Å². The van der Waals surface area contributed by atoms with Crippen LogP contribution in [0.5, 0.6) is 0 Å². The number of aliphatic hydroxyl groups is 2. The van der Waals surface area contributed by atoms with Crippen LogP contribution < -0.4 is 0 Å². The van der Waals surface area contributed by atoms with Crippen LogP contribution in [0.25, 0.3) is 0 Å². The minimum Gasteiger partial charge on any atom is -0.463 e. The summed E-state index contributed by atoms with van der Waals surface area (Å²) in [6.45, 7) is 2.38. The summed E-state index contributed by atoms with van der Waals surface area (Å²) in [5.41, 5.74) is 0. The monoisotopic (exact) mass is 1760 g/mol. The van der Waals surface area contributed by atoms with Crippen molar-refractivity contribution in [2.24, 2.45) is 0 Å². The fraction of sp³-hybridized carbons (Fsp3) is 0.667. The van der Waals surface area contributed by atoms with Crippen molar-refractivity contribution in [2.45, 2.75) is 411 Å². The Morgan fingerprint density at radius 2 is 0.407 bits per heavy atom. The molecule has 0 aliphatic heterocycles. The lowest BCUT2D eigenvalue weighted by molar-refractivity contribution is -0.161. The van der Waals surface area contributed by atoms with Gasteiger partial charge >= 0.3 is 33.6 Å². The Morgan fingerprint density at radius 3 is 0.642 bits per heavy atom. The molecule has 0 saturated carbocycles. The third-order valence-electron chi connectivity index (χ3n) is 20.3. The predicted octanol–water partition coefficient (Wildman–Crippen LogP) is 30.6. The number of hydrogen-bond acceptors (Lipinski definition) is 14. The maximum atomic E-state index is 13.1. The maximum Gasteiger partial charge on any atom is 0.472 e. The highest BCUT2D eigenvalue weighted by molar-refractivity contribution is 7.47. The summed E-state index contributed by atoms with van der Waals surface area (Å²) < 4.78 is 61.6. The summed E-state index contributed by atoms with van der Waals surface area (Å²) in [5.74, 6) is -1.58. The first-order valence-electron chi connectivity index (χ1n) is 48.7. The van der Waals surface area contributed by atoms with Crippen LogP contribution in [-0.4, -0.2) is 95.9 Å². The number of ether oxygens (including phenoxy) is 3. The van der Waals surface area contributed by atoms with E-state index >= 15 is 0 Å². The van der Waals surface area contributed by atoms with E-state index < -0.39 is 91.5 Å². The van der Waals surface area contributed by atoms with Crippen molar-refractivity contribution in [1.82, 2.24) is 0 Å². The number of allylic oxidation sites excluding steroid dienone is 32. The van der Waals surface area contributed by atoms with Gasteiger partial charge in [0.2, 0.25) is 0 Å². The molecule has 4 N–H and O–H groups in total. The smallest absolute Gasteiger partial charge is 0.463 e. The van der Waals surface area contributed by atoms with Gasteiger partial charge < -0.3 is 34.2 Å². The first-order chi connectivity index (χ1) is 60.2. The second kappa shape index (κ2) is 95.5. The Morgan fingerprint density at radius 1 is 0.228 bits per heavy atom. The van der Waals surface area contributed by atoms with Gasteiger partial charge in [-0.2, -0.15) is 0 Å². The van der Waals surface area contributed by atoms with E-state index in [1.807, 2.05) is 0 Å². The van der Waals surface area contributed by atoms with Crippen LogP contribution in [0, 0.1) is 0 Å². The molecule has 5 atom stereocenters. The maximum absolute atomic E-state index is 13.1. The molecule has 0 aliphatic rings. The minimum atomic E-state index is -4.95. The van der Waals surface area contributed by atoms with Gasteiger partial charge in [0, 0.05) is 19.3 Å². The molecule has 0 amide bonds. The van der Waals surface area contributed by atoms with Gasteiger partial charge in [0.25, 0.3) is 0 Å². The zero-order chi connectivity index (χ0) is 89.3. The van der Waals surface area contributed by atoms with Crippen LogP contribution >= 0.6 is 15.6 Å². The van der Waals surface area contributed by atoms with Crippen LogP contribution in [0.1, 0.15) is 393 Å². The molecule has 0 aliphatic carbocycles. The van der Waals surface area contributed by atoms with Crippen molar-refractivity contribution in [3.8, 4) is 0 Å². The molecule has 16 nitrogen and oxygen atoms in total. The highest BCUT2D eigenvalue weighted by Gasteiger charge is 2.30. The zero-order valence-corrected chi connectivity index (χ0v) is 79.3. The van der Waals surface area contributed by atoms with Crippen LogP contribution in [0.3, 0.4) is 0 Å². The molecule has 0 rings (SSSR count). The average molecular weight is 1760 g/mol. The number of esters is 3. The standard InChI is InChI=1S/C105H176O16P2/c1-4-7-10-13-16-19-22-25-28-31-34-37-40-43-45-47-48-49-50-52-54-56-58-61-64-67-70-73-76-79-82-85-88-91-103(108)115-94-100(106)95-117-122(111,112)118-96-101(107)97-119-123(113,114)120-99-102(121-105(110)93-90-87-84-81-78-75-72-69-66-63-60-55-42-39-36-33-30-27-24-21-18-15-12-9-6-3)98-116-104(109)92-89-86-83-80-77-74-71-68-65-62-59-57-53-51-46-44-41-38-35-32-29-26-23-20-17-14-11-8-5-2/h7-12,16-21,25-30,34-39,43-46,53,55,57,60,100-102,106-107H,4-6,13-15,22-24,31-33,40-42,47-52,54,56,58-59,61-99H2,1-3H3,(H,111,112)(H,113,114)/b10-7-,11-8-,12-9-,19-16-,20-17-,21-18-,28-25-,29-26-,30-27-,37-34-,38-35-,39-36-,45-43-,46-44-,57-53-,60-55-. The van der Waals surface area contributed by atoms with Gasteiger partial charge in [0.15, 0.2) is 6.10 Å². The fourth-order valence-electron chi connectivity index (χ4n) is 13.0. The second-order valence-electron chi connectivity index (χ2n) is 32.1. The Labute approximate surface area is 750 Å². The van der Waals surface area contributed by atoms with Gasteiger partial charge in [0.05, 0.1) is 26.4 Å². The second-order valence-corrected chi connectivity index (χ2v) is 35.0. The first-order valence-corrected chi connectivity index (χ1v) is 51.7. The van der Waals surface area contributed by atoms with Gasteiger partial charge in [-0.25, -0.2) is 9.13 Å². The molecule has 0 spiro atoms. The third kappa shape index (κ3) is 96.9. The molecule has 0 heterocycles. The number of phosphoric acid groups is 2. The Bertz CT molecular complexity index is 3020. The number of unbranched alkanes of at least 4 members (excludes halogenated alkanes) is 36. The molecule has 0 saturated heterocycles. The number of aliphatic hydroxyl groups excluding tert-OH is 2. The first kappa shape index (κ1) is 117. The van der Waals surface area contributed by atoms with E-state index in [1.54, 1.807) is 0 Å². The van der Waals surface area contributed by atoms with E-state index in [0.717, 1.165) is 186 Å². The molecule has 18 heteroatoms. The summed E-state index contributed by atoms with van der Waals surface area (Å²) in [5, 5.41) is 20.8. The lowest BCUT2D eigenvalue weighted by atomic mass is 10.0. The van der Waals surface area contributed by atoms with E-state index in [2.05, 4.69) is 215 Å². The molecule has 0 aromatic heterocycles. The molecule has 5 unspecified atom stereocenters. The molecule has 0 bridgehead atoms. The van der Waals surface area contributed by atoms with Crippen LogP contribution in [-0.2, 0) is 55.8 Å². The molecule has 123 heavy (non-hydrogen) atoms. The molecule has 0 radical (unpaired) electrons. The number of rotatable bonds is 91. The number of phosphoric ester groups is 2. The van der Waals surface area contributed by atoms with E-state index in [-0.39, 0.29) is 19.3 Å². The Hall–Kier alpha value is -5.61. The molecule has 0 fully saturated rings. The van der Waals surface area contributed by atoms with Gasteiger partial charge in [-0.1, -0.05) is 408 Å². The van der Waals surface area contributed by atoms with E-state index in [9.17, 15) is 43.5 Å². The van der Waals surface area contributed by atoms with Gasteiger partial charge in [-0.15, -0.1) is 0 Å². The number of hydrogen-bond donors (Lipinski definition) is 4. The largest absolute Gasteiger partial charge is 0.472 e. The van der Waals surface area contributed by atoms with Crippen molar-refractivity contribution < 1.29 is 75.8 Å². The van der Waals surface area contributed by atoms with E-state index in [0.29, 0.717) is 19.3 Å². The minimum absolute atomic E-state index is 0.0902. The fourth-order valence-corrected chi connectivity index (χ4v) is 14.6. The van der Waals surface area contributed by atoms with Crippen molar-refractivity contribution in [1.29, 1.82) is 0 Å². The Balaban J connectivity index is 4.62. The normalized spacial score (nSPS) is 14.6. The summed E-state index contributed by atoms with van der Waals surface area (Å²) >= 11 is 0. The third-order valence-corrected chi connectivity index (χ3v) is 22.2. The zero-order valence-electron chi connectivity index (χ0n) is 77.5. The lowest BCUT2D eigenvalue weighted by Crippen LogP contribution is -2.30. The number of carbonyl (C=O) groups excluding carboxylic acids is 3. The van der Waals surface area contributed by atoms with Gasteiger partial charge in [0.1, 0.15) is 25.4 Å². The summed E-state index contributed by atoms with van der Waals surface area (Å²) in [6.07, 6.45) is 128. The van der Waals surface area contributed by atoms with Crippen molar-refractivity contribution >= 4 is 33.6 Å². The summed E-state index contributed by atoms with van der Waals surface area (Å²) in [4.78, 5) is 59.1. The molecule has 0 aromatic rings. The molecular formula is C105H176O16P2. The quantitative estimate of drug-likeness (QED) is 0.0146. The van der Waals surface area contributed by atoms with E-state index in [1.165, 1.54) is 148 Å². The topological polar surface area (TPSA) is 231 Å². The summed E-state index contributed by atoms with van der Waals surface area (Å²) in [6, 6.07) is 0. The number of carbonyl (C=O) groups is 3. The predicted molar refractivity (Wildman–Crippen MR) is 518 cm³/mol. The van der Waals surface area contributed by atoms with Crippen molar-refractivity contribution in [3.05, 3.63) is 194 Å². The van der Waals surface area contributed by atoms with Crippen molar-refractivity contribution in [2.75, 3.05) is 39.6 Å². The van der Waals surface area contributed by atoms with Crippen LogP contribution in [0.2, 0.25) is 0 Å². The molecule has 0 aromatic carbocycles. The highest BCUT2D eigenvalue weighted by atomic mass is 31.2. The van der Waals surface area contributed by atoms with E-state index in [4.69, 9.17) is 32.3 Å². The highest BCUT2D eigenvalue weighted by Crippen LogP contribution is 2.45.